The number of hydrogen-bond acceptors (Lipinski definition) is 4. The minimum atomic E-state index is -0.808. The molecular formula is C14H19FN2O3. The lowest BCUT2D eigenvalue weighted by atomic mass is 10.2. The molecule has 1 atom stereocenters. The number of carboxylic acid groups (broad SMARTS) is 1. The number of hydrogen-bond donors (Lipinski definition) is 1. The van der Waals surface area contributed by atoms with E-state index in [9.17, 15) is 9.18 Å². The van der Waals surface area contributed by atoms with E-state index in [1.807, 2.05) is 4.90 Å². The summed E-state index contributed by atoms with van der Waals surface area (Å²) in [5.41, 5.74) is 0.844. The second-order valence-electron chi connectivity index (χ2n) is 4.85. The van der Waals surface area contributed by atoms with Gasteiger partial charge in [0.25, 0.3) is 0 Å². The molecule has 1 aromatic rings. The third-order valence-electron chi connectivity index (χ3n) is 3.70. The molecule has 0 bridgehead atoms. The van der Waals surface area contributed by atoms with Gasteiger partial charge in [0.05, 0.1) is 12.8 Å². The first-order valence-electron chi connectivity index (χ1n) is 6.58. The minimum absolute atomic E-state index is 0.330. The molecule has 110 valence electrons. The van der Waals surface area contributed by atoms with Gasteiger partial charge in [-0.25, -0.2) is 4.39 Å². The van der Waals surface area contributed by atoms with Crippen molar-refractivity contribution in [1.29, 1.82) is 0 Å². The minimum Gasteiger partial charge on any atom is -0.494 e. The molecule has 20 heavy (non-hydrogen) atoms. The summed E-state index contributed by atoms with van der Waals surface area (Å²) >= 11 is 0. The Balaban J connectivity index is 2.05. The second-order valence-corrected chi connectivity index (χ2v) is 4.85. The van der Waals surface area contributed by atoms with Crippen LogP contribution in [0.15, 0.2) is 18.2 Å². The number of carbonyl (C=O) groups is 1. The third kappa shape index (κ3) is 3.01. The molecule has 0 spiro atoms. The maximum absolute atomic E-state index is 13.2. The van der Waals surface area contributed by atoms with Gasteiger partial charge in [-0.3, -0.25) is 9.69 Å². The Morgan fingerprint density at radius 1 is 1.35 bits per heavy atom. The lowest BCUT2D eigenvalue weighted by Crippen LogP contribution is -2.51. The molecule has 1 heterocycles. The Morgan fingerprint density at radius 2 is 2.00 bits per heavy atom. The highest BCUT2D eigenvalue weighted by atomic mass is 19.1. The summed E-state index contributed by atoms with van der Waals surface area (Å²) in [7, 11) is 1.51. The average molecular weight is 282 g/mol. The van der Waals surface area contributed by atoms with E-state index in [4.69, 9.17) is 9.84 Å². The highest BCUT2D eigenvalue weighted by Crippen LogP contribution is 2.29. The number of rotatable bonds is 4. The molecule has 2 rings (SSSR count). The molecule has 1 saturated heterocycles. The number of aliphatic carboxylic acids is 1. The van der Waals surface area contributed by atoms with Crippen molar-refractivity contribution < 1.29 is 19.0 Å². The van der Waals surface area contributed by atoms with Crippen molar-refractivity contribution in [3.05, 3.63) is 24.0 Å². The molecule has 1 aromatic carbocycles. The van der Waals surface area contributed by atoms with E-state index in [0.717, 1.165) is 5.69 Å². The predicted octanol–water partition coefficient (Wildman–Crippen LogP) is 1.43. The molecule has 0 saturated carbocycles. The molecule has 0 radical (unpaired) electrons. The van der Waals surface area contributed by atoms with Gasteiger partial charge in [0.1, 0.15) is 17.6 Å². The summed E-state index contributed by atoms with van der Waals surface area (Å²) in [6.45, 7) is 4.40. The van der Waals surface area contributed by atoms with Crippen LogP contribution in [0.3, 0.4) is 0 Å². The highest BCUT2D eigenvalue weighted by Gasteiger charge is 2.26. The maximum atomic E-state index is 13.2. The van der Waals surface area contributed by atoms with Gasteiger partial charge in [-0.05, 0) is 19.1 Å². The first-order valence-corrected chi connectivity index (χ1v) is 6.58. The van der Waals surface area contributed by atoms with E-state index < -0.39 is 12.0 Å². The van der Waals surface area contributed by atoms with Crippen LogP contribution in [0.2, 0.25) is 0 Å². The number of piperazine rings is 1. The molecule has 1 aliphatic rings. The van der Waals surface area contributed by atoms with Crippen molar-refractivity contribution in [2.24, 2.45) is 0 Å². The maximum Gasteiger partial charge on any atom is 0.320 e. The monoisotopic (exact) mass is 282 g/mol. The van der Waals surface area contributed by atoms with Crippen LogP contribution in [0.25, 0.3) is 0 Å². The van der Waals surface area contributed by atoms with Gasteiger partial charge in [0.15, 0.2) is 0 Å². The Bertz CT molecular complexity index is 487. The zero-order valence-electron chi connectivity index (χ0n) is 11.7. The predicted molar refractivity (Wildman–Crippen MR) is 73.8 cm³/mol. The lowest BCUT2D eigenvalue weighted by molar-refractivity contribution is -0.142. The Labute approximate surface area is 117 Å². The van der Waals surface area contributed by atoms with E-state index in [2.05, 4.69) is 4.90 Å². The van der Waals surface area contributed by atoms with Crippen LogP contribution in [0.1, 0.15) is 6.92 Å². The molecular weight excluding hydrogens is 263 g/mol. The van der Waals surface area contributed by atoms with Crippen LogP contribution in [-0.4, -0.2) is 55.3 Å². The summed E-state index contributed by atoms with van der Waals surface area (Å²) in [5.74, 6) is -0.633. The van der Waals surface area contributed by atoms with Gasteiger partial charge in [0.2, 0.25) is 0 Å². The number of ether oxygens (including phenoxy) is 1. The van der Waals surface area contributed by atoms with Gasteiger partial charge in [-0.15, -0.1) is 0 Å². The van der Waals surface area contributed by atoms with Crippen molar-refractivity contribution in [2.45, 2.75) is 13.0 Å². The van der Waals surface area contributed by atoms with E-state index >= 15 is 0 Å². The van der Waals surface area contributed by atoms with Crippen molar-refractivity contribution in [3.63, 3.8) is 0 Å². The normalized spacial score (nSPS) is 17.9. The van der Waals surface area contributed by atoms with Crippen molar-refractivity contribution in [3.8, 4) is 5.75 Å². The Hall–Kier alpha value is -1.82. The SMILES string of the molecule is COc1cc(F)ccc1N1CCN(C(C)C(=O)O)CC1. The van der Waals surface area contributed by atoms with Crippen LogP contribution in [-0.2, 0) is 4.79 Å². The average Bonchev–Trinajstić information content (AvgIpc) is 2.46. The largest absolute Gasteiger partial charge is 0.494 e. The zero-order valence-corrected chi connectivity index (χ0v) is 11.7. The molecule has 1 N–H and O–H groups in total. The first kappa shape index (κ1) is 14.6. The van der Waals surface area contributed by atoms with Gasteiger partial charge >= 0.3 is 5.97 Å². The topological polar surface area (TPSA) is 53.0 Å². The highest BCUT2D eigenvalue weighted by molar-refractivity contribution is 5.73. The Kier molecular flexibility index (Phi) is 4.44. The van der Waals surface area contributed by atoms with Gasteiger partial charge in [-0.1, -0.05) is 0 Å². The molecule has 1 fully saturated rings. The molecule has 1 aliphatic heterocycles. The molecule has 0 aliphatic carbocycles. The van der Waals surface area contributed by atoms with E-state index in [0.29, 0.717) is 31.9 Å². The van der Waals surface area contributed by atoms with Gasteiger partial charge in [-0.2, -0.15) is 0 Å². The number of methoxy groups -OCH3 is 1. The first-order chi connectivity index (χ1) is 9.52. The van der Waals surface area contributed by atoms with Crippen LogP contribution in [0.4, 0.5) is 10.1 Å². The quantitative estimate of drug-likeness (QED) is 0.905. The summed E-state index contributed by atoms with van der Waals surface area (Å²) in [4.78, 5) is 15.0. The number of anilines is 1. The summed E-state index contributed by atoms with van der Waals surface area (Å²) < 4.78 is 18.4. The second kappa shape index (κ2) is 6.09. The third-order valence-corrected chi connectivity index (χ3v) is 3.70. The summed E-state index contributed by atoms with van der Waals surface area (Å²) in [6, 6.07) is 3.99. The molecule has 0 aromatic heterocycles. The smallest absolute Gasteiger partial charge is 0.320 e. The number of carboxylic acids is 1. The Morgan fingerprint density at radius 3 is 2.55 bits per heavy atom. The van der Waals surface area contributed by atoms with Crippen molar-refractivity contribution in [2.75, 3.05) is 38.2 Å². The fourth-order valence-corrected chi connectivity index (χ4v) is 2.42. The van der Waals surface area contributed by atoms with Gasteiger partial charge in [0, 0.05) is 32.2 Å². The van der Waals surface area contributed by atoms with E-state index in [-0.39, 0.29) is 5.82 Å². The molecule has 5 nitrogen and oxygen atoms in total. The fraction of sp³-hybridized carbons (Fsp3) is 0.500. The standard InChI is InChI=1S/C14H19FN2O3/c1-10(14(18)19)16-5-7-17(8-6-16)12-4-3-11(15)9-13(12)20-2/h3-4,9-10H,5-8H2,1-2H3,(H,18,19). The van der Waals surface area contributed by atoms with Crippen molar-refractivity contribution in [1.82, 2.24) is 4.90 Å². The number of nitrogens with zero attached hydrogens (tertiary/aromatic N) is 2. The molecule has 1 unspecified atom stereocenters. The van der Waals surface area contributed by atoms with Crippen LogP contribution < -0.4 is 9.64 Å². The van der Waals surface area contributed by atoms with Crippen molar-refractivity contribution >= 4 is 11.7 Å². The van der Waals surface area contributed by atoms with Crippen LogP contribution in [0.5, 0.6) is 5.75 Å². The van der Waals surface area contributed by atoms with Gasteiger partial charge < -0.3 is 14.7 Å². The lowest BCUT2D eigenvalue weighted by Gasteiger charge is -2.38. The van der Waals surface area contributed by atoms with E-state index in [1.54, 1.807) is 13.0 Å². The summed E-state index contributed by atoms with van der Waals surface area (Å²) in [6.07, 6.45) is 0. The zero-order chi connectivity index (χ0) is 14.7. The van der Waals surface area contributed by atoms with Crippen LogP contribution >= 0.6 is 0 Å². The number of halogens is 1. The van der Waals surface area contributed by atoms with E-state index in [1.165, 1.54) is 19.2 Å². The number of benzene rings is 1. The van der Waals surface area contributed by atoms with Crippen LogP contribution in [0, 0.1) is 5.82 Å². The molecule has 0 amide bonds. The summed E-state index contributed by atoms with van der Waals surface area (Å²) in [5, 5.41) is 9.01. The fourth-order valence-electron chi connectivity index (χ4n) is 2.42. The molecule has 6 heteroatoms.